The number of nitrogens with two attached hydrogens (primary N) is 1. The van der Waals surface area contributed by atoms with Gasteiger partial charge in [0.25, 0.3) is 0 Å². The summed E-state index contributed by atoms with van der Waals surface area (Å²) in [5, 5.41) is 3.31. The monoisotopic (exact) mass is 336 g/mol. The zero-order valence-corrected chi connectivity index (χ0v) is 15.0. The highest BCUT2D eigenvalue weighted by atomic mass is 35.5. The van der Waals surface area contributed by atoms with Gasteiger partial charge in [-0.05, 0) is 48.6 Å². The van der Waals surface area contributed by atoms with Gasteiger partial charge in [-0.15, -0.1) is 12.4 Å². The van der Waals surface area contributed by atoms with Crippen LogP contribution in [0, 0.1) is 5.92 Å². The number of benzene rings is 1. The summed E-state index contributed by atoms with van der Waals surface area (Å²) in [6.07, 6.45) is 6.09. The summed E-state index contributed by atoms with van der Waals surface area (Å²) in [6, 6.07) is 8.93. The van der Waals surface area contributed by atoms with Crippen molar-refractivity contribution in [3.63, 3.8) is 0 Å². The molecule has 1 aromatic carbocycles. The van der Waals surface area contributed by atoms with Crippen LogP contribution < -0.4 is 11.1 Å². The lowest BCUT2D eigenvalue weighted by atomic mass is 9.71. The zero-order valence-electron chi connectivity index (χ0n) is 14.2. The van der Waals surface area contributed by atoms with E-state index in [4.69, 9.17) is 5.73 Å². The third-order valence-corrected chi connectivity index (χ3v) is 5.53. The smallest absolute Gasteiger partial charge is 0.223 e. The minimum Gasteiger partial charge on any atom is -0.349 e. The Morgan fingerprint density at radius 2 is 1.96 bits per heavy atom. The number of carbonyl (C=O) groups is 1. The van der Waals surface area contributed by atoms with Crippen LogP contribution in [0.3, 0.4) is 0 Å². The largest absolute Gasteiger partial charge is 0.349 e. The van der Waals surface area contributed by atoms with E-state index in [-0.39, 0.29) is 41.7 Å². The van der Waals surface area contributed by atoms with Gasteiger partial charge in [0, 0.05) is 12.0 Å². The van der Waals surface area contributed by atoms with Crippen LogP contribution >= 0.6 is 12.4 Å². The molecule has 2 aliphatic rings. The zero-order chi connectivity index (χ0) is 15.7. The van der Waals surface area contributed by atoms with Crippen LogP contribution in [0.1, 0.15) is 69.5 Å². The Hall–Kier alpha value is -1.06. The molecule has 1 saturated carbocycles. The number of fused-ring (bicyclic) bond motifs is 1. The van der Waals surface area contributed by atoms with E-state index in [1.807, 2.05) is 0 Å². The minimum absolute atomic E-state index is 0. The second kappa shape index (κ2) is 7.23. The van der Waals surface area contributed by atoms with E-state index in [9.17, 15) is 4.79 Å². The molecule has 4 heteroatoms. The minimum atomic E-state index is 0. The number of carbonyl (C=O) groups excluding carboxylic acids is 1. The van der Waals surface area contributed by atoms with Crippen LogP contribution in [0.25, 0.3) is 0 Å². The van der Waals surface area contributed by atoms with Crippen LogP contribution in [0.2, 0.25) is 0 Å². The highest BCUT2D eigenvalue weighted by Crippen LogP contribution is 2.41. The average Bonchev–Trinajstić information content (AvgIpc) is 2.50. The molecule has 1 aromatic rings. The summed E-state index contributed by atoms with van der Waals surface area (Å²) in [4.78, 5) is 12.6. The molecule has 0 radical (unpaired) electrons. The molecular formula is C19H29ClN2O. The average molecular weight is 337 g/mol. The van der Waals surface area contributed by atoms with Crippen molar-refractivity contribution in [2.24, 2.45) is 11.7 Å². The fourth-order valence-electron chi connectivity index (χ4n) is 4.12. The van der Waals surface area contributed by atoms with Crippen molar-refractivity contribution in [2.75, 3.05) is 0 Å². The van der Waals surface area contributed by atoms with Gasteiger partial charge in [-0.25, -0.2) is 0 Å². The van der Waals surface area contributed by atoms with Crippen molar-refractivity contribution in [2.45, 2.75) is 69.9 Å². The lowest BCUT2D eigenvalue weighted by molar-refractivity contribution is -0.127. The van der Waals surface area contributed by atoms with Gasteiger partial charge in [-0.3, -0.25) is 4.79 Å². The second-order valence-corrected chi connectivity index (χ2v) is 7.69. The molecule has 3 rings (SSSR count). The normalized spacial score (nSPS) is 29.1. The maximum Gasteiger partial charge on any atom is 0.223 e. The van der Waals surface area contributed by atoms with Gasteiger partial charge in [0.05, 0.1) is 6.04 Å². The molecule has 1 fully saturated rings. The van der Waals surface area contributed by atoms with Crippen LogP contribution in [0.15, 0.2) is 24.3 Å². The topological polar surface area (TPSA) is 55.1 Å². The number of hydrogen-bond acceptors (Lipinski definition) is 2. The predicted octanol–water partition coefficient (Wildman–Crippen LogP) is 3.85. The Morgan fingerprint density at radius 3 is 2.70 bits per heavy atom. The SMILES string of the molecule is CC1(C)CCC(NC(=O)C2CCCC(N)C2)c2ccccc21.Cl. The molecule has 1 amide bonds. The standard InChI is InChI=1S/C19H28N2O.ClH/c1-19(2)11-10-17(15-8-3-4-9-16(15)19)21-18(22)13-6-5-7-14(20)12-13;/h3-4,8-9,13-14,17H,5-7,10-12,20H2,1-2H3,(H,21,22);1H. The quantitative estimate of drug-likeness (QED) is 0.861. The van der Waals surface area contributed by atoms with Gasteiger partial charge in [0.15, 0.2) is 0 Å². The summed E-state index contributed by atoms with van der Waals surface area (Å²) in [5.41, 5.74) is 8.91. The summed E-state index contributed by atoms with van der Waals surface area (Å²) < 4.78 is 0. The first-order chi connectivity index (χ1) is 10.5. The van der Waals surface area contributed by atoms with Gasteiger partial charge < -0.3 is 11.1 Å². The van der Waals surface area contributed by atoms with Gasteiger partial charge in [0.1, 0.15) is 0 Å². The van der Waals surface area contributed by atoms with Gasteiger partial charge in [-0.2, -0.15) is 0 Å². The lowest BCUT2D eigenvalue weighted by Crippen LogP contribution is -2.41. The number of hydrogen-bond donors (Lipinski definition) is 2. The molecule has 0 aliphatic heterocycles. The fourth-order valence-corrected chi connectivity index (χ4v) is 4.12. The predicted molar refractivity (Wildman–Crippen MR) is 96.8 cm³/mol. The molecule has 3 unspecified atom stereocenters. The summed E-state index contributed by atoms with van der Waals surface area (Å²) in [5.74, 6) is 0.306. The summed E-state index contributed by atoms with van der Waals surface area (Å²) in [6.45, 7) is 4.59. The van der Waals surface area contributed by atoms with E-state index in [2.05, 4.69) is 43.4 Å². The van der Waals surface area contributed by atoms with E-state index in [1.54, 1.807) is 0 Å². The van der Waals surface area contributed by atoms with E-state index >= 15 is 0 Å². The van der Waals surface area contributed by atoms with Crippen molar-refractivity contribution in [3.8, 4) is 0 Å². The van der Waals surface area contributed by atoms with E-state index < -0.39 is 0 Å². The first-order valence-corrected chi connectivity index (χ1v) is 8.63. The second-order valence-electron chi connectivity index (χ2n) is 7.69. The van der Waals surface area contributed by atoms with Crippen molar-refractivity contribution in [1.29, 1.82) is 0 Å². The lowest BCUT2D eigenvalue weighted by Gasteiger charge is -2.38. The van der Waals surface area contributed by atoms with Gasteiger partial charge >= 0.3 is 0 Å². The Kier molecular flexibility index (Phi) is 5.74. The Morgan fingerprint density at radius 1 is 1.22 bits per heavy atom. The maximum absolute atomic E-state index is 12.6. The Balaban J connectivity index is 0.00000192. The van der Waals surface area contributed by atoms with E-state index in [0.29, 0.717) is 0 Å². The van der Waals surface area contributed by atoms with Crippen molar-refractivity contribution in [3.05, 3.63) is 35.4 Å². The molecule has 0 bridgehead atoms. The van der Waals surface area contributed by atoms with Crippen LogP contribution in [-0.4, -0.2) is 11.9 Å². The first-order valence-electron chi connectivity index (χ1n) is 8.63. The third kappa shape index (κ3) is 3.89. The molecule has 0 heterocycles. The summed E-state index contributed by atoms with van der Waals surface area (Å²) >= 11 is 0. The molecule has 0 aromatic heterocycles. The van der Waals surface area contributed by atoms with Crippen LogP contribution in [0.4, 0.5) is 0 Å². The highest BCUT2D eigenvalue weighted by Gasteiger charge is 2.34. The van der Waals surface area contributed by atoms with Crippen molar-refractivity contribution < 1.29 is 4.79 Å². The first kappa shape index (κ1) is 18.3. The fraction of sp³-hybridized carbons (Fsp3) is 0.632. The number of nitrogens with one attached hydrogen (secondary N) is 1. The summed E-state index contributed by atoms with van der Waals surface area (Å²) in [7, 11) is 0. The Bertz CT molecular complexity index is 558. The van der Waals surface area contributed by atoms with Gasteiger partial charge in [-0.1, -0.05) is 44.5 Å². The van der Waals surface area contributed by atoms with Gasteiger partial charge in [0.2, 0.25) is 5.91 Å². The number of halogens is 1. The molecule has 2 aliphatic carbocycles. The van der Waals surface area contributed by atoms with E-state index in [1.165, 1.54) is 11.1 Å². The molecular weight excluding hydrogens is 308 g/mol. The Labute approximate surface area is 145 Å². The van der Waals surface area contributed by atoms with Crippen LogP contribution in [-0.2, 0) is 10.2 Å². The number of rotatable bonds is 2. The van der Waals surface area contributed by atoms with E-state index in [0.717, 1.165) is 38.5 Å². The molecule has 23 heavy (non-hydrogen) atoms. The molecule has 0 spiro atoms. The maximum atomic E-state index is 12.6. The van der Waals surface area contributed by atoms with Crippen molar-refractivity contribution >= 4 is 18.3 Å². The molecule has 0 saturated heterocycles. The molecule has 3 nitrogen and oxygen atoms in total. The van der Waals surface area contributed by atoms with Crippen LogP contribution in [0.5, 0.6) is 0 Å². The molecule has 128 valence electrons. The molecule has 3 N–H and O–H groups in total. The highest BCUT2D eigenvalue weighted by molar-refractivity contribution is 5.85. The third-order valence-electron chi connectivity index (χ3n) is 5.53. The molecule has 3 atom stereocenters. The number of amides is 1. The van der Waals surface area contributed by atoms with Crippen molar-refractivity contribution in [1.82, 2.24) is 5.32 Å².